The lowest BCUT2D eigenvalue weighted by Crippen LogP contribution is -2.07. The first-order valence-corrected chi connectivity index (χ1v) is 5.57. The van der Waals surface area contributed by atoms with E-state index in [9.17, 15) is 14.9 Å². The van der Waals surface area contributed by atoms with Gasteiger partial charge >= 0.3 is 11.7 Å². The number of hydrogen-bond donors (Lipinski definition) is 1. The highest BCUT2D eigenvalue weighted by atomic mass is 16.6. The molecule has 0 atom stereocenters. The summed E-state index contributed by atoms with van der Waals surface area (Å²) in [6.45, 7) is 2.30. The van der Waals surface area contributed by atoms with Gasteiger partial charge in [0.05, 0.1) is 11.5 Å². The van der Waals surface area contributed by atoms with Gasteiger partial charge in [0, 0.05) is 6.07 Å². The van der Waals surface area contributed by atoms with Crippen LogP contribution in [0, 0.1) is 10.1 Å². The summed E-state index contributed by atoms with van der Waals surface area (Å²) in [5.41, 5.74) is -0.595. The molecule has 7 heteroatoms. The van der Waals surface area contributed by atoms with E-state index in [0.29, 0.717) is 0 Å². The van der Waals surface area contributed by atoms with Crippen molar-refractivity contribution in [2.75, 3.05) is 6.61 Å². The van der Waals surface area contributed by atoms with Crippen molar-refractivity contribution in [1.82, 2.24) is 4.98 Å². The number of carboxylic acid groups (broad SMARTS) is 1. The van der Waals surface area contributed by atoms with Crippen LogP contribution in [0.25, 0.3) is 0 Å². The number of unbranched alkanes of at least 4 members (excludes halogenated alkanes) is 2. The third kappa shape index (κ3) is 3.69. The predicted molar refractivity (Wildman–Crippen MR) is 62.9 cm³/mol. The molecule has 0 radical (unpaired) electrons. The summed E-state index contributed by atoms with van der Waals surface area (Å²) >= 11 is 0. The highest BCUT2D eigenvalue weighted by Gasteiger charge is 2.19. The maximum absolute atomic E-state index is 10.7. The molecule has 0 amide bonds. The van der Waals surface area contributed by atoms with E-state index in [1.807, 2.05) is 6.92 Å². The number of aromatic carboxylic acids is 1. The number of carboxylic acids is 1. The fourth-order valence-electron chi connectivity index (χ4n) is 1.32. The van der Waals surface area contributed by atoms with Crippen LogP contribution >= 0.6 is 0 Å². The van der Waals surface area contributed by atoms with Crippen molar-refractivity contribution in [1.29, 1.82) is 0 Å². The Balaban J connectivity index is 2.86. The Morgan fingerprint density at radius 2 is 2.22 bits per heavy atom. The lowest BCUT2D eigenvalue weighted by molar-refractivity contribution is -0.386. The van der Waals surface area contributed by atoms with Gasteiger partial charge in [-0.25, -0.2) is 9.78 Å². The van der Waals surface area contributed by atoms with Crippen molar-refractivity contribution in [2.45, 2.75) is 26.2 Å². The van der Waals surface area contributed by atoms with Crippen LogP contribution < -0.4 is 4.74 Å². The minimum absolute atomic E-state index is 0.240. The summed E-state index contributed by atoms with van der Waals surface area (Å²) in [6, 6.07) is 2.17. The molecular formula is C11H14N2O5. The number of nitrogens with zero attached hydrogens (tertiary/aromatic N) is 2. The van der Waals surface area contributed by atoms with Gasteiger partial charge in [-0.1, -0.05) is 19.8 Å². The first kappa shape index (κ1) is 13.9. The van der Waals surface area contributed by atoms with E-state index < -0.39 is 10.9 Å². The van der Waals surface area contributed by atoms with E-state index in [1.165, 1.54) is 0 Å². The first-order valence-electron chi connectivity index (χ1n) is 5.57. The lowest BCUT2D eigenvalue weighted by atomic mass is 10.3. The second-order valence-electron chi connectivity index (χ2n) is 3.64. The van der Waals surface area contributed by atoms with Gasteiger partial charge in [-0.3, -0.25) is 10.1 Å². The topological polar surface area (TPSA) is 103 Å². The largest absolute Gasteiger partial charge is 0.477 e. The molecule has 0 aliphatic heterocycles. The maximum Gasteiger partial charge on any atom is 0.354 e. The van der Waals surface area contributed by atoms with Crippen LogP contribution in [0.15, 0.2) is 12.1 Å². The molecule has 1 N–H and O–H groups in total. The summed E-state index contributed by atoms with van der Waals surface area (Å²) < 4.78 is 5.18. The van der Waals surface area contributed by atoms with E-state index in [4.69, 9.17) is 9.84 Å². The molecule has 0 saturated carbocycles. The molecule has 0 unspecified atom stereocenters. The number of pyridine rings is 1. The number of rotatable bonds is 7. The van der Waals surface area contributed by atoms with Crippen LogP contribution in [0.3, 0.4) is 0 Å². The van der Waals surface area contributed by atoms with Gasteiger partial charge in [-0.2, -0.15) is 0 Å². The molecule has 0 aliphatic carbocycles. The second-order valence-corrected chi connectivity index (χ2v) is 3.64. The third-order valence-electron chi connectivity index (χ3n) is 2.24. The molecule has 98 valence electrons. The maximum atomic E-state index is 10.7. The first-order chi connectivity index (χ1) is 8.56. The minimum Gasteiger partial charge on any atom is -0.477 e. The summed E-state index contributed by atoms with van der Waals surface area (Å²) in [7, 11) is 0. The molecule has 0 saturated heterocycles. The monoisotopic (exact) mass is 254 g/mol. The lowest BCUT2D eigenvalue weighted by Gasteiger charge is -2.05. The van der Waals surface area contributed by atoms with E-state index in [1.54, 1.807) is 0 Å². The van der Waals surface area contributed by atoms with Crippen molar-refractivity contribution in [3.8, 4) is 5.88 Å². The standard InChI is InChI=1S/C11H14N2O5/c1-2-3-4-7-18-10-9(13(16)17)6-5-8(12-10)11(14)15/h5-6H,2-4,7H2,1H3,(H,14,15). The fourth-order valence-corrected chi connectivity index (χ4v) is 1.32. The van der Waals surface area contributed by atoms with Crippen molar-refractivity contribution >= 4 is 11.7 Å². The number of aromatic nitrogens is 1. The van der Waals surface area contributed by atoms with Crippen molar-refractivity contribution in [3.63, 3.8) is 0 Å². The Kier molecular flexibility index (Phi) is 5.04. The van der Waals surface area contributed by atoms with Gasteiger partial charge in [0.25, 0.3) is 5.88 Å². The molecule has 7 nitrogen and oxygen atoms in total. The van der Waals surface area contributed by atoms with Gasteiger partial charge in [-0.05, 0) is 12.5 Å². The predicted octanol–water partition coefficient (Wildman–Crippen LogP) is 2.26. The van der Waals surface area contributed by atoms with Crippen LogP contribution in [-0.2, 0) is 0 Å². The summed E-state index contributed by atoms with van der Waals surface area (Å²) in [4.78, 5) is 24.4. The molecule has 0 bridgehead atoms. The van der Waals surface area contributed by atoms with Crippen molar-refractivity contribution < 1.29 is 19.6 Å². The zero-order valence-corrected chi connectivity index (χ0v) is 9.96. The Morgan fingerprint density at radius 1 is 1.50 bits per heavy atom. The van der Waals surface area contributed by atoms with E-state index in [2.05, 4.69) is 4.98 Å². The van der Waals surface area contributed by atoms with Crippen molar-refractivity contribution in [2.24, 2.45) is 0 Å². The molecule has 1 aromatic rings. The van der Waals surface area contributed by atoms with Gasteiger partial charge in [0.2, 0.25) is 0 Å². The Hall–Kier alpha value is -2.18. The molecular weight excluding hydrogens is 240 g/mol. The number of hydrogen-bond acceptors (Lipinski definition) is 5. The Bertz CT molecular complexity index is 447. The van der Waals surface area contributed by atoms with Crippen molar-refractivity contribution in [3.05, 3.63) is 27.9 Å². The smallest absolute Gasteiger partial charge is 0.354 e. The molecule has 0 aliphatic rings. The Labute approximate surface area is 104 Å². The Morgan fingerprint density at radius 3 is 2.78 bits per heavy atom. The van der Waals surface area contributed by atoms with Gasteiger partial charge in [-0.15, -0.1) is 0 Å². The summed E-state index contributed by atoms with van der Waals surface area (Å²) in [6.07, 6.45) is 2.67. The molecule has 0 aromatic carbocycles. The molecule has 0 spiro atoms. The molecule has 1 rings (SSSR count). The summed E-state index contributed by atoms with van der Waals surface area (Å²) in [5, 5.41) is 19.5. The molecule has 1 aromatic heterocycles. The molecule has 18 heavy (non-hydrogen) atoms. The van der Waals surface area contributed by atoms with Crippen LogP contribution in [0.1, 0.15) is 36.7 Å². The van der Waals surface area contributed by atoms with E-state index in [0.717, 1.165) is 31.4 Å². The van der Waals surface area contributed by atoms with Crippen LogP contribution in [0.4, 0.5) is 5.69 Å². The highest BCUT2D eigenvalue weighted by molar-refractivity contribution is 5.85. The van der Waals surface area contributed by atoms with Gasteiger partial charge < -0.3 is 9.84 Å². The highest BCUT2D eigenvalue weighted by Crippen LogP contribution is 2.24. The van der Waals surface area contributed by atoms with Crippen LogP contribution in [0.5, 0.6) is 5.88 Å². The van der Waals surface area contributed by atoms with Gasteiger partial charge in [0.1, 0.15) is 0 Å². The number of ether oxygens (including phenoxy) is 1. The average Bonchev–Trinajstić information content (AvgIpc) is 2.34. The molecule has 1 heterocycles. The van der Waals surface area contributed by atoms with Crippen LogP contribution in [-0.4, -0.2) is 27.6 Å². The number of nitro groups is 1. The quantitative estimate of drug-likeness (QED) is 0.454. The SMILES string of the molecule is CCCCCOc1nc(C(=O)O)ccc1[N+](=O)[O-]. The minimum atomic E-state index is -1.25. The zero-order valence-electron chi connectivity index (χ0n) is 9.96. The third-order valence-corrected chi connectivity index (χ3v) is 2.24. The van der Waals surface area contributed by atoms with E-state index >= 15 is 0 Å². The zero-order chi connectivity index (χ0) is 13.5. The van der Waals surface area contributed by atoms with Crippen LogP contribution in [0.2, 0.25) is 0 Å². The normalized spacial score (nSPS) is 10.1. The number of carbonyl (C=O) groups is 1. The van der Waals surface area contributed by atoms with E-state index in [-0.39, 0.29) is 23.9 Å². The second kappa shape index (κ2) is 6.53. The summed E-state index contributed by atoms with van der Waals surface area (Å²) in [5.74, 6) is -1.49. The fraction of sp³-hybridized carbons (Fsp3) is 0.455. The average molecular weight is 254 g/mol. The van der Waals surface area contributed by atoms with Gasteiger partial charge in [0.15, 0.2) is 5.69 Å². The molecule has 0 fully saturated rings.